The van der Waals surface area contributed by atoms with Gasteiger partial charge in [-0.05, 0) is 25.7 Å². The summed E-state index contributed by atoms with van der Waals surface area (Å²) in [6, 6.07) is 0. The third kappa shape index (κ3) is 13.4. The number of carbonyl (C=O) groups is 2. The first-order valence-electron chi connectivity index (χ1n) is 8.01. The van der Waals surface area contributed by atoms with Crippen LogP contribution in [0, 0.1) is 5.92 Å². The smallest absolute Gasteiger partial charge is 0.331 e. The Kier molecular flexibility index (Phi) is 11.6. The van der Waals surface area contributed by atoms with Crippen molar-refractivity contribution in [2.45, 2.75) is 72.3 Å². The summed E-state index contributed by atoms with van der Waals surface area (Å²) in [6.45, 7) is 8.55. The van der Waals surface area contributed by atoms with Crippen LogP contribution in [0.25, 0.3) is 0 Å². The van der Waals surface area contributed by atoms with E-state index in [4.69, 9.17) is 9.47 Å². The lowest BCUT2D eigenvalue weighted by atomic mass is 10.1. The topological polar surface area (TPSA) is 52.6 Å². The molecule has 0 aromatic carbocycles. The number of hydrogen-bond acceptors (Lipinski definition) is 4. The number of unbranched alkanes of at least 4 members (excludes halogenated alkanes) is 4. The highest BCUT2D eigenvalue weighted by Crippen LogP contribution is 2.07. The van der Waals surface area contributed by atoms with Crippen molar-refractivity contribution >= 4 is 11.9 Å². The molecule has 0 aliphatic carbocycles. The van der Waals surface area contributed by atoms with Crippen LogP contribution in [-0.4, -0.2) is 24.6 Å². The van der Waals surface area contributed by atoms with Crippen molar-refractivity contribution in [3.8, 4) is 0 Å². The fourth-order valence-corrected chi connectivity index (χ4v) is 2.01. The van der Waals surface area contributed by atoms with Crippen LogP contribution >= 0.6 is 0 Å². The molecule has 0 radical (unpaired) electrons. The Morgan fingerprint density at radius 2 is 1.57 bits per heavy atom. The molecular weight excluding hydrogens is 268 g/mol. The van der Waals surface area contributed by atoms with Crippen molar-refractivity contribution in [2.75, 3.05) is 6.61 Å². The number of rotatable bonds is 11. The molecule has 4 heteroatoms. The second kappa shape index (κ2) is 12.4. The summed E-state index contributed by atoms with van der Waals surface area (Å²) in [4.78, 5) is 22.9. The molecule has 122 valence electrons. The monoisotopic (exact) mass is 298 g/mol. The van der Waals surface area contributed by atoms with E-state index in [1.54, 1.807) is 0 Å². The second-order valence-electron chi connectivity index (χ2n) is 5.79. The molecule has 0 saturated heterocycles. The van der Waals surface area contributed by atoms with E-state index in [-0.39, 0.29) is 6.10 Å². The molecule has 0 aromatic heterocycles. The Bertz CT molecular complexity index is 321. The van der Waals surface area contributed by atoms with Gasteiger partial charge >= 0.3 is 11.9 Å². The lowest BCUT2D eigenvalue weighted by molar-refractivity contribution is -0.144. The van der Waals surface area contributed by atoms with Crippen molar-refractivity contribution in [2.24, 2.45) is 5.92 Å². The van der Waals surface area contributed by atoms with Gasteiger partial charge in [0.2, 0.25) is 0 Å². The summed E-state index contributed by atoms with van der Waals surface area (Å²) < 4.78 is 10.2. The molecule has 0 N–H and O–H groups in total. The Morgan fingerprint density at radius 3 is 2.19 bits per heavy atom. The Morgan fingerprint density at radius 1 is 0.952 bits per heavy atom. The van der Waals surface area contributed by atoms with Crippen molar-refractivity contribution < 1.29 is 19.1 Å². The number of carbonyl (C=O) groups excluding carboxylic acids is 2. The number of hydrogen-bond donors (Lipinski definition) is 0. The largest absolute Gasteiger partial charge is 0.463 e. The van der Waals surface area contributed by atoms with Gasteiger partial charge in [-0.1, -0.05) is 46.5 Å². The summed E-state index contributed by atoms with van der Waals surface area (Å²) in [6.07, 6.45) is 8.46. The molecule has 0 aromatic rings. The summed E-state index contributed by atoms with van der Waals surface area (Å²) in [7, 11) is 0. The van der Waals surface area contributed by atoms with E-state index in [9.17, 15) is 9.59 Å². The van der Waals surface area contributed by atoms with Gasteiger partial charge < -0.3 is 9.47 Å². The van der Waals surface area contributed by atoms with Crippen LogP contribution < -0.4 is 0 Å². The van der Waals surface area contributed by atoms with Crippen molar-refractivity contribution in [3.63, 3.8) is 0 Å². The van der Waals surface area contributed by atoms with Gasteiger partial charge in [-0.25, -0.2) is 9.59 Å². The summed E-state index contributed by atoms with van der Waals surface area (Å²) in [5.41, 5.74) is 0. The zero-order valence-corrected chi connectivity index (χ0v) is 13.9. The van der Waals surface area contributed by atoms with Crippen LogP contribution in [0.3, 0.4) is 0 Å². The lowest BCUT2D eigenvalue weighted by Gasteiger charge is -2.13. The van der Waals surface area contributed by atoms with Crippen molar-refractivity contribution in [1.82, 2.24) is 0 Å². The van der Waals surface area contributed by atoms with Gasteiger partial charge in [-0.15, -0.1) is 0 Å². The van der Waals surface area contributed by atoms with E-state index in [0.29, 0.717) is 12.5 Å². The molecule has 1 unspecified atom stereocenters. The summed E-state index contributed by atoms with van der Waals surface area (Å²) in [5.74, 6) is -0.517. The minimum Gasteiger partial charge on any atom is -0.463 e. The third-order valence-electron chi connectivity index (χ3n) is 2.97. The first kappa shape index (κ1) is 19.7. The highest BCUT2D eigenvalue weighted by atomic mass is 16.5. The average molecular weight is 298 g/mol. The third-order valence-corrected chi connectivity index (χ3v) is 2.97. The van der Waals surface area contributed by atoms with Crippen molar-refractivity contribution in [1.29, 1.82) is 0 Å². The molecule has 21 heavy (non-hydrogen) atoms. The molecule has 4 nitrogen and oxygen atoms in total. The molecule has 0 heterocycles. The van der Waals surface area contributed by atoms with Crippen LogP contribution in [0.15, 0.2) is 12.2 Å². The Hall–Kier alpha value is -1.32. The van der Waals surface area contributed by atoms with Gasteiger partial charge in [0, 0.05) is 12.2 Å². The maximum atomic E-state index is 11.5. The highest BCUT2D eigenvalue weighted by Gasteiger charge is 2.09. The standard InChI is InChI=1S/C17H30O4/c1-5-6-7-8-9-12-20-16(18)10-11-17(19)21-15(4)13-14(2)3/h10-11,14-15H,5-9,12-13H2,1-4H3/b11-10+. The van der Waals surface area contributed by atoms with Crippen LogP contribution in [0.1, 0.15) is 66.2 Å². The zero-order chi connectivity index (χ0) is 16.1. The van der Waals surface area contributed by atoms with Gasteiger partial charge in [-0.3, -0.25) is 0 Å². The fourth-order valence-electron chi connectivity index (χ4n) is 2.01. The predicted molar refractivity (Wildman–Crippen MR) is 83.9 cm³/mol. The molecule has 0 fully saturated rings. The molecule has 0 amide bonds. The fraction of sp³-hybridized carbons (Fsp3) is 0.765. The zero-order valence-electron chi connectivity index (χ0n) is 13.9. The molecular formula is C17H30O4. The molecule has 0 aliphatic rings. The molecule has 0 bridgehead atoms. The first-order chi connectivity index (χ1) is 9.95. The molecule has 0 aliphatic heterocycles. The van der Waals surface area contributed by atoms with E-state index >= 15 is 0 Å². The van der Waals surface area contributed by atoms with Gasteiger partial charge in [-0.2, -0.15) is 0 Å². The number of ether oxygens (including phenoxy) is 2. The van der Waals surface area contributed by atoms with Crippen molar-refractivity contribution in [3.05, 3.63) is 12.2 Å². The summed E-state index contributed by atoms with van der Waals surface area (Å²) >= 11 is 0. The maximum absolute atomic E-state index is 11.5. The van der Waals surface area contributed by atoms with Crippen LogP contribution in [-0.2, 0) is 19.1 Å². The van der Waals surface area contributed by atoms with E-state index < -0.39 is 11.9 Å². The Balaban J connectivity index is 3.75. The normalized spacial score (nSPS) is 12.6. The Labute approximate surface area is 128 Å². The minimum absolute atomic E-state index is 0.142. The van der Waals surface area contributed by atoms with Gasteiger partial charge in [0.15, 0.2) is 0 Å². The van der Waals surface area contributed by atoms with E-state index in [0.717, 1.165) is 31.4 Å². The predicted octanol–water partition coefficient (Wildman–Crippen LogP) is 4.03. The number of esters is 2. The van der Waals surface area contributed by atoms with E-state index in [2.05, 4.69) is 20.8 Å². The van der Waals surface area contributed by atoms with Crippen LogP contribution in [0.5, 0.6) is 0 Å². The lowest BCUT2D eigenvalue weighted by Crippen LogP contribution is -2.15. The molecule has 0 rings (SSSR count). The minimum atomic E-state index is -0.497. The second-order valence-corrected chi connectivity index (χ2v) is 5.79. The molecule has 0 saturated carbocycles. The van der Waals surface area contributed by atoms with Crippen LogP contribution in [0.2, 0.25) is 0 Å². The van der Waals surface area contributed by atoms with Gasteiger partial charge in [0.25, 0.3) is 0 Å². The maximum Gasteiger partial charge on any atom is 0.331 e. The molecule has 1 atom stereocenters. The van der Waals surface area contributed by atoms with Crippen LogP contribution in [0.4, 0.5) is 0 Å². The highest BCUT2D eigenvalue weighted by molar-refractivity contribution is 5.91. The average Bonchev–Trinajstić information content (AvgIpc) is 2.39. The quantitative estimate of drug-likeness (QED) is 0.328. The summed E-state index contributed by atoms with van der Waals surface area (Å²) in [5, 5.41) is 0. The van der Waals surface area contributed by atoms with E-state index in [1.165, 1.54) is 19.3 Å². The molecule has 0 spiro atoms. The van der Waals surface area contributed by atoms with Gasteiger partial charge in [0.1, 0.15) is 0 Å². The first-order valence-corrected chi connectivity index (χ1v) is 8.01. The van der Waals surface area contributed by atoms with E-state index in [1.807, 2.05) is 6.92 Å². The SMILES string of the molecule is CCCCCCCOC(=O)/C=C/C(=O)OC(C)CC(C)C. The van der Waals surface area contributed by atoms with Gasteiger partial charge in [0.05, 0.1) is 12.7 Å².